The Bertz CT molecular complexity index is 253. The molecular formula is C14H28N2O. The van der Waals surface area contributed by atoms with E-state index in [9.17, 15) is 4.79 Å². The van der Waals surface area contributed by atoms with Crippen molar-refractivity contribution in [3.63, 3.8) is 0 Å². The normalized spacial score (nSPS) is 18.8. The van der Waals surface area contributed by atoms with Crippen molar-refractivity contribution in [1.82, 2.24) is 10.2 Å². The van der Waals surface area contributed by atoms with Gasteiger partial charge in [0.2, 0.25) is 5.91 Å². The number of nitrogens with one attached hydrogen (secondary N) is 1. The quantitative estimate of drug-likeness (QED) is 0.817. The first kappa shape index (κ1) is 14.5. The van der Waals surface area contributed by atoms with Gasteiger partial charge in [-0.25, -0.2) is 0 Å². The predicted molar refractivity (Wildman–Crippen MR) is 71.9 cm³/mol. The Labute approximate surface area is 106 Å². The Balaban J connectivity index is 2.49. The maximum atomic E-state index is 12.4. The van der Waals surface area contributed by atoms with E-state index >= 15 is 0 Å². The average Bonchev–Trinajstić information content (AvgIpc) is 2.27. The number of rotatable bonds is 4. The Morgan fingerprint density at radius 2 is 1.88 bits per heavy atom. The molecular weight excluding hydrogens is 212 g/mol. The third-order valence-electron chi connectivity index (χ3n) is 3.60. The summed E-state index contributed by atoms with van der Waals surface area (Å²) in [5, 5.41) is 3.37. The molecule has 1 saturated heterocycles. The minimum absolute atomic E-state index is 0.287. The van der Waals surface area contributed by atoms with Crippen molar-refractivity contribution in [3.05, 3.63) is 0 Å². The second kappa shape index (κ2) is 5.85. The Morgan fingerprint density at radius 3 is 2.35 bits per heavy atom. The summed E-state index contributed by atoms with van der Waals surface area (Å²) in [4.78, 5) is 14.5. The fourth-order valence-electron chi connectivity index (χ4n) is 2.17. The van der Waals surface area contributed by atoms with Crippen molar-refractivity contribution in [3.8, 4) is 0 Å². The first-order valence-corrected chi connectivity index (χ1v) is 6.85. The fourth-order valence-corrected chi connectivity index (χ4v) is 2.17. The molecule has 0 aliphatic carbocycles. The topological polar surface area (TPSA) is 32.3 Å². The molecule has 1 heterocycles. The standard InChI is InChI=1S/C14H28N2O/c1-11(2)15-10-14(4,5)13(17)16-8-6-12(3)7-9-16/h11-12,15H,6-10H2,1-5H3. The summed E-state index contributed by atoms with van der Waals surface area (Å²) >= 11 is 0. The van der Waals surface area contributed by atoms with E-state index in [0.29, 0.717) is 11.9 Å². The van der Waals surface area contributed by atoms with Gasteiger partial charge in [-0.05, 0) is 32.6 Å². The van der Waals surface area contributed by atoms with Crippen LogP contribution in [0.1, 0.15) is 47.5 Å². The van der Waals surface area contributed by atoms with Crippen molar-refractivity contribution in [2.45, 2.75) is 53.5 Å². The number of piperidine rings is 1. The first-order chi connectivity index (χ1) is 7.83. The number of carbonyl (C=O) groups is 1. The minimum atomic E-state index is -0.287. The van der Waals surface area contributed by atoms with E-state index in [1.807, 2.05) is 18.7 Å². The van der Waals surface area contributed by atoms with Gasteiger partial charge in [0.15, 0.2) is 0 Å². The number of likely N-dealkylation sites (tertiary alicyclic amines) is 1. The lowest BCUT2D eigenvalue weighted by atomic mass is 9.89. The van der Waals surface area contributed by atoms with E-state index in [2.05, 4.69) is 26.1 Å². The minimum Gasteiger partial charge on any atom is -0.342 e. The van der Waals surface area contributed by atoms with Gasteiger partial charge in [0.05, 0.1) is 5.41 Å². The molecule has 1 rings (SSSR count). The summed E-state index contributed by atoms with van der Waals surface area (Å²) < 4.78 is 0. The summed E-state index contributed by atoms with van der Waals surface area (Å²) in [6.45, 7) is 13.2. The van der Waals surface area contributed by atoms with Gasteiger partial charge in [0.25, 0.3) is 0 Å². The molecule has 1 aliphatic rings. The van der Waals surface area contributed by atoms with Crippen molar-refractivity contribution >= 4 is 5.91 Å². The lowest BCUT2D eigenvalue weighted by molar-refractivity contribution is -0.141. The van der Waals surface area contributed by atoms with Crippen LogP contribution in [0.15, 0.2) is 0 Å². The van der Waals surface area contributed by atoms with E-state index < -0.39 is 0 Å². The lowest BCUT2D eigenvalue weighted by Crippen LogP contribution is -2.49. The maximum Gasteiger partial charge on any atom is 0.229 e. The Hall–Kier alpha value is -0.570. The summed E-state index contributed by atoms with van der Waals surface area (Å²) in [5.74, 6) is 1.08. The predicted octanol–water partition coefficient (Wildman–Crippen LogP) is 2.27. The van der Waals surface area contributed by atoms with Crippen LogP contribution in [0.3, 0.4) is 0 Å². The zero-order valence-corrected chi connectivity index (χ0v) is 12.0. The second-order valence-electron chi connectivity index (χ2n) is 6.39. The number of amides is 1. The van der Waals surface area contributed by atoms with Crippen LogP contribution in [-0.4, -0.2) is 36.5 Å². The van der Waals surface area contributed by atoms with E-state index in [1.54, 1.807) is 0 Å². The van der Waals surface area contributed by atoms with Crippen molar-refractivity contribution < 1.29 is 4.79 Å². The van der Waals surface area contributed by atoms with Crippen molar-refractivity contribution in [1.29, 1.82) is 0 Å². The molecule has 0 radical (unpaired) electrons. The number of hydrogen-bond donors (Lipinski definition) is 1. The molecule has 0 atom stereocenters. The lowest BCUT2D eigenvalue weighted by Gasteiger charge is -2.36. The molecule has 0 bridgehead atoms. The molecule has 17 heavy (non-hydrogen) atoms. The molecule has 3 nitrogen and oxygen atoms in total. The first-order valence-electron chi connectivity index (χ1n) is 6.85. The van der Waals surface area contributed by atoms with Crippen LogP contribution in [0.5, 0.6) is 0 Å². The van der Waals surface area contributed by atoms with E-state index in [-0.39, 0.29) is 5.41 Å². The summed E-state index contributed by atoms with van der Waals surface area (Å²) in [6, 6.07) is 0.434. The third kappa shape index (κ3) is 4.30. The SMILES string of the molecule is CC1CCN(C(=O)C(C)(C)CNC(C)C)CC1. The molecule has 0 aromatic rings. The largest absolute Gasteiger partial charge is 0.342 e. The summed E-state index contributed by atoms with van der Waals surface area (Å²) in [5.41, 5.74) is -0.287. The molecule has 0 spiro atoms. The molecule has 0 unspecified atom stereocenters. The molecule has 0 aromatic heterocycles. The van der Waals surface area contributed by atoms with Crippen LogP contribution in [0, 0.1) is 11.3 Å². The average molecular weight is 240 g/mol. The summed E-state index contributed by atoms with van der Waals surface area (Å²) in [6.07, 6.45) is 2.30. The molecule has 3 heteroatoms. The Morgan fingerprint density at radius 1 is 1.35 bits per heavy atom. The van der Waals surface area contributed by atoms with Gasteiger partial charge in [-0.15, -0.1) is 0 Å². The fraction of sp³-hybridized carbons (Fsp3) is 0.929. The highest BCUT2D eigenvalue weighted by Gasteiger charge is 2.33. The van der Waals surface area contributed by atoms with Crippen LogP contribution in [0.2, 0.25) is 0 Å². The Kier molecular flexibility index (Phi) is 4.99. The number of nitrogens with zero attached hydrogens (tertiary/aromatic N) is 1. The van der Waals surface area contributed by atoms with Gasteiger partial charge in [-0.3, -0.25) is 4.79 Å². The highest BCUT2D eigenvalue weighted by atomic mass is 16.2. The molecule has 100 valence electrons. The van der Waals surface area contributed by atoms with Gasteiger partial charge >= 0.3 is 0 Å². The van der Waals surface area contributed by atoms with E-state index in [0.717, 1.165) is 38.4 Å². The smallest absolute Gasteiger partial charge is 0.229 e. The molecule has 0 saturated carbocycles. The molecule has 1 N–H and O–H groups in total. The summed E-state index contributed by atoms with van der Waals surface area (Å²) in [7, 11) is 0. The third-order valence-corrected chi connectivity index (χ3v) is 3.60. The van der Waals surface area contributed by atoms with Crippen LogP contribution in [-0.2, 0) is 4.79 Å². The van der Waals surface area contributed by atoms with Crippen molar-refractivity contribution in [2.24, 2.45) is 11.3 Å². The maximum absolute atomic E-state index is 12.4. The van der Waals surface area contributed by atoms with Crippen LogP contribution < -0.4 is 5.32 Å². The van der Waals surface area contributed by atoms with Gasteiger partial charge < -0.3 is 10.2 Å². The van der Waals surface area contributed by atoms with Gasteiger partial charge in [-0.2, -0.15) is 0 Å². The highest BCUT2D eigenvalue weighted by molar-refractivity contribution is 5.82. The zero-order chi connectivity index (χ0) is 13.1. The van der Waals surface area contributed by atoms with E-state index in [4.69, 9.17) is 0 Å². The van der Waals surface area contributed by atoms with Gasteiger partial charge in [0.1, 0.15) is 0 Å². The van der Waals surface area contributed by atoms with Crippen LogP contribution in [0.4, 0.5) is 0 Å². The van der Waals surface area contributed by atoms with Gasteiger partial charge in [0, 0.05) is 25.7 Å². The zero-order valence-electron chi connectivity index (χ0n) is 12.0. The van der Waals surface area contributed by atoms with Crippen LogP contribution >= 0.6 is 0 Å². The van der Waals surface area contributed by atoms with Crippen LogP contribution in [0.25, 0.3) is 0 Å². The number of carbonyl (C=O) groups excluding carboxylic acids is 1. The highest BCUT2D eigenvalue weighted by Crippen LogP contribution is 2.23. The number of hydrogen-bond acceptors (Lipinski definition) is 2. The molecule has 1 fully saturated rings. The van der Waals surface area contributed by atoms with Gasteiger partial charge in [-0.1, -0.05) is 20.8 Å². The van der Waals surface area contributed by atoms with E-state index in [1.165, 1.54) is 0 Å². The molecule has 1 amide bonds. The van der Waals surface area contributed by atoms with Crippen molar-refractivity contribution in [2.75, 3.05) is 19.6 Å². The molecule has 1 aliphatic heterocycles. The monoisotopic (exact) mass is 240 g/mol. The molecule has 0 aromatic carbocycles. The second-order valence-corrected chi connectivity index (χ2v) is 6.39.